The fraction of sp³-hybridized carbons (Fsp3) is 0.875. The molecule has 0 bridgehead atoms. The molecule has 0 aromatic carbocycles. The second-order valence-corrected chi connectivity index (χ2v) is 5.70. The lowest BCUT2D eigenvalue weighted by molar-refractivity contribution is -0.146. The molecule has 0 N–H and O–H groups in total. The summed E-state index contributed by atoms with van der Waals surface area (Å²) in [6.07, 6.45) is 9.09. The van der Waals surface area contributed by atoms with Gasteiger partial charge >= 0.3 is 0 Å². The molecule has 1 aliphatic rings. The summed E-state index contributed by atoms with van der Waals surface area (Å²) in [6, 6.07) is 0. The Balaban J connectivity index is 2.10. The van der Waals surface area contributed by atoms with Crippen molar-refractivity contribution in [1.29, 1.82) is 0 Å². The standard InChI is InChI=1S/C16H30O4/c1-5-6-7-8-9-10-14(17-4)11-18-12-15-13-19-16(2,3)20-15/h8-9,14-15H,5-7,10-13H2,1-4H3/b9-8+. The molecule has 0 radical (unpaired) electrons. The summed E-state index contributed by atoms with van der Waals surface area (Å²) in [5, 5.41) is 0. The van der Waals surface area contributed by atoms with Crippen molar-refractivity contribution in [2.75, 3.05) is 26.9 Å². The Hall–Kier alpha value is -0.420. The van der Waals surface area contributed by atoms with Gasteiger partial charge in [0.05, 0.1) is 25.9 Å². The molecule has 0 aromatic heterocycles. The Morgan fingerprint density at radius 2 is 2.15 bits per heavy atom. The summed E-state index contributed by atoms with van der Waals surface area (Å²) < 4.78 is 22.3. The fourth-order valence-electron chi connectivity index (χ4n) is 2.10. The lowest BCUT2D eigenvalue weighted by Gasteiger charge is -2.18. The first kappa shape index (κ1) is 17.6. The Bertz CT molecular complexity index is 276. The zero-order valence-electron chi connectivity index (χ0n) is 13.4. The summed E-state index contributed by atoms with van der Waals surface area (Å²) in [6.45, 7) is 7.80. The molecule has 2 atom stereocenters. The molecule has 1 aliphatic heterocycles. The fourth-order valence-corrected chi connectivity index (χ4v) is 2.10. The number of rotatable bonds is 10. The molecule has 20 heavy (non-hydrogen) atoms. The molecule has 118 valence electrons. The van der Waals surface area contributed by atoms with Crippen LogP contribution in [0.25, 0.3) is 0 Å². The Morgan fingerprint density at radius 3 is 2.75 bits per heavy atom. The van der Waals surface area contributed by atoms with Crippen molar-refractivity contribution < 1.29 is 18.9 Å². The van der Waals surface area contributed by atoms with E-state index in [4.69, 9.17) is 18.9 Å². The topological polar surface area (TPSA) is 36.9 Å². The van der Waals surface area contributed by atoms with Crippen molar-refractivity contribution in [3.63, 3.8) is 0 Å². The number of ether oxygens (including phenoxy) is 4. The smallest absolute Gasteiger partial charge is 0.163 e. The minimum Gasteiger partial charge on any atom is -0.379 e. The largest absolute Gasteiger partial charge is 0.379 e. The van der Waals surface area contributed by atoms with Gasteiger partial charge in [-0.3, -0.25) is 0 Å². The quantitative estimate of drug-likeness (QED) is 0.456. The van der Waals surface area contributed by atoms with E-state index >= 15 is 0 Å². The van der Waals surface area contributed by atoms with Gasteiger partial charge in [-0.2, -0.15) is 0 Å². The third kappa shape index (κ3) is 7.39. The summed E-state index contributed by atoms with van der Waals surface area (Å²) >= 11 is 0. The van der Waals surface area contributed by atoms with E-state index in [0.29, 0.717) is 19.8 Å². The zero-order chi connectivity index (χ0) is 14.8. The predicted molar refractivity (Wildman–Crippen MR) is 79.8 cm³/mol. The van der Waals surface area contributed by atoms with Crippen molar-refractivity contribution in [2.45, 2.75) is 64.4 Å². The van der Waals surface area contributed by atoms with Gasteiger partial charge in [-0.25, -0.2) is 0 Å². The van der Waals surface area contributed by atoms with Crippen LogP contribution in [0.2, 0.25) is 0 Å². The highest BCUT2D eigenvalue weighted by Gasteiger charge is 2.32. The number of methoxy groups -OCH3 is 1. The molecule has 0 saturated carbocycles. The molecule has 4 nitrogen and oxygen atoms in total. The van der Waals surface area contributed by atoms with E-state index in [-0.39, 0.29) is 12.2 Å². The second kappa shape index (κ2) is 9.50. The van der Waals surface area contributed by atoms with Crippen LogP contribution in [-0.2, 0) is 18.9 Å². The van der Waals surface area contributed by atoms with E-state index in [0.717, 1.165) is 12.8 Å². The molecule has 1 rings (SSSR count). The van der Waals surface area contributed by atoms with Crippen LogP contribution in [-0.4, -0.2) is 44.9 Å². The van der Waals surface area contributed by atoms with Crippen LogP contribution in [0.15, 0.2) is 12.2 Å². The van der Waals surface area contributed by atoms with Crippen LogP contribution in [0.3, 0.4) is 0 Å². The molecular weight excluding hydrogens is 256 g/mol. The van der Waals surface area contributed by atoms with Gasteiger partial charge in [-0.05, 0) is 26.7 Å². The van der Waals surface area contributed by atoms with Crippen LogP contribution in [0.4, 0.5) is 0 Å². The molecule has 0 aromatic rings. The summed E-state index contributed by atoms with van der Waals surface area (Å²) in [7, 11) is 1.73. The van der Waals surface area contributed by atoms with Gasteiger partial charge in [0.25, 0.3) is 0 Å². The summed E-state index contributed by atoms with van der Waals surface area (Å²) in [5.41, 5.74) is 0. The molecule has 1 fully saturated rings. The second-order valence-electron chi connectivity index (χ2n) is 5.70. The highest BCUT2D eigenvalue weighted by atomic mass is 16.7. The summed E-state index contributed by atoms with van der Waals surface area (Å²) in [5.74, 6) is -0.475. The van der Waals surface area contributed by atoms with Gasteiger partial charge in [0.15, 0.2) is 5.79 Å². The molecule has 1 heterocycles. The minimum atomic E-state index is -0.475. The van der Waals surface area contributed by atoms with E-state index < -0.39 is 5.79 Å². The maximum absolute atomic E-state index is 5.69. The number of unbranched alkanes of at least 4 members (excludes halogenated alkanes) is 2. The SMILES string of the molecule is CCCC/C=C/CC(COCC1COC(C)(C)O1)OC. The molecular formula is C16H30O4. The number of hydrogen-bond donors (Lipinski definition) is 0. The highest BCUT2D eigenvalue weighted by Crippen LogP contribution is 2.22. The zero-order valence-corrected chi connectivity index (χ0v) is 13.4. The Morgan fingerprint density at radius 1 is 1.35 bits per heavy atom. The maximum atomic E-state index is 5.69. The average Bonchev–Trinajstić information content (AvgIpc) is 2.76. The van der Waals surface area contributed by atoms with Crippen LogP contribution in [0.1, 0.15) is 46.5 Å². The first-order chi connectivity index (χ1) is 9.57. The lowest BCUT2D eigenvalue weighted by Crippen LogP contribution is -2.26. The lowest BCUT2D eigenvalue weighted by atomic mass is 10.2. The van der Waals surface area contributed by atoms with Gasteiger partial charge in [0.1, 0.15) is 6.10 Å². The minimum absolute atomic E-state index is 0.0302. The van der Waals surface area contributed by atoms with Gasteiger partial charge in [-0.1, -0.05) is 31.9 Å². The van der Waals surface area contributed by atoms with E-state index in [1.54, 1.807) is 7.11 Å². The summed E-state index contributed by atoms with van der Waals surface area (Å²) in [4.78, 5) is 0. The van der Waals surface area contributed by atoms with E-state index in [9.17, 15) is 0 Å². The van der Waals surface area contributed by atoms with Gasteiger partial charge in [0.2, 0.25) is 0 Å². The molecule has 4 heteroatoms. The van der Waals surface area contributed by atoms with Crippen LogP contribution in [0, 0.1) is 0 Å². The van der Waals surface area contributed by atoms with Gasteiger partial charge in [0, 0.05) is 7.11 Å². The molecule has 1 saturated heterocycles. The van der Waals surface area contributed by atoms with Crippen LogP contribution >= 0.6 is 0 Å². The normalized spacial score (nSPS) is 23.5. The monoisotopic (exact) mass is 286 g/mol. The average molecular weight is 286 g/mol. The van der Waals surface area contributed by atoms with Gasteiger partial charge < -0.3 is 18.9 Å². The van der Waals surface area contributed by atoms with Crippen LogP contribution in [0.5, 0.6) is 0 Å². The van der Waals surface area contributed by atoms with Crippen molar-refractivity contribution >= 4 is 0 Å². The van der Waals surface area contributed by atoms with Crippen molar-refractivity contribution in [2.24, 2.45) is 0 Å². The van der Waals surface area contributed by atoms with Crippen molar-refractivity contribution in [1.82, 2.24) is 0 Å². The molecule has 0 amide bonds. The van der Waals surface area contributed by atoms with Crippen LogP contribution < -0.4 is 0 Å². The molecule has 0 spiro atoms. The number of hydrogen-bond acceptors (Lipinski definition) is 4. The van der Waals surface area contributed by atoms with E-state index in [2.05, 4.69) is 19.1 Å². The maximum Gasteiger partial charge on any atom is 0.163 e. The van der Waals surface area contributed by atoms with E-state index in [1.807, 2.05) is 13.8 Å². The first-order valence-corrected chi connectivity index (χ1v) is 7.64. The third-order valence-electron chi connectivity index (χ3n) is 3.30. The highest BCUT2D eigenvalue weighted by molar-refractivity contribution is 4.84. The van der Waals surface area contributed by atoms with Crippen molar-refractivity contribution in [3.8, 4) is 0 Å². The molecule has 2 unspecified atom stereocenters. The Labute approximate surface area is 123 Å². The van der Waals surface area contributed by atoms with E-state index in [1.165, 1.54) is 12.8 Å². The number of allylic oxidation sites excluding steroid dienone is 1. The Kier molecular flexibility index (Phi) is 8.38. The third-order valence-corrected chi connectivity index (χ3v) is 3.30. The van der Waals surface area contributed by atoms with Crippen molar-refractivity contribution in [3.05, 3.63) is 12.2 Å². The van der Waals surface area contributed by atoms with Gasteiger partial charge in [-0.15, -0.1) is 0 Å². The first-order valence-electron chi connectivity index (χ1n) is 7.64. The predicted octanol–water partition coefficient (Wildman–Crippen LogP) is 3.31. The molecule has 0 aliphatic carbocycles.